The van der Waals surface area contributed by atoms with Gasteiger partial charge in [0.05, 0.1) is 6.33 Å². The molecule has 1 aromatic rings. The molecule has 0 aliphatic carbocycles. The Bertz CT molecular complexity index is 674. The Hall–Kier alpha value is -2.09. The van der Waals surface area contributed by atoms with Crippen molar-refractivity contribution >= 4 is 11.9 Å². The number of piperidine rings is 1. The van der Waals surface area contributed by atoms with E-state index >= 15 is 0 Å². The lowest BCUT2D eigenvalue weighted by atomic mass is 10.1. The van der Waals surface area contributed by atoms with Gasteiger partial charge in [0, 0.05) is 71.3 Å². The largest absolute Gasteiger partial charge is 0.446 e. The maximum absolute atomic E-state index is 12.4. The predicted octanol–water partition coefficient (Wildman–Crippen LogP) is 0.912. The van der Waals surface area contributed by atoms with E-state index in [0.717, 1.165) is 52.1 Å². The zero-order chi connectivity index (χ0) is 18.7. The Morgan fingerprint density at radius 3 is 2.38 bits per heavy atom. The maximum Gasteiger partial charge on any atom is 0.410 e. The number of hydrogen-bond donors (Lipinski definition) is 0. The second-order valence-electron chi connectivity index (χ2n) is 7.38. The monoisotopic (exact) mass is 363 g/mol. The molecule has 0 radical (unpaired) electrons. The summed E-state index contributed by atoms with van der Waals surface area (Å²) in [5, 5.41) is 0. The molecule has 2 aliphatic heterocycles. The highest BCUT2D eigenvalue weighted by Gasteiger charge is 2.28. The average molecular weight is 363 g/mol. The Morgan fingerprint density at radius 1 is 1.15 bits per heavy atom. The lowest BCUT2D eigenvalue weighted by Gasteiger charge is -2.38. The molecule has 3 rings (SSSR count). The summed E-state index contributed by atoms with van der Waals surface area (Å²) >= 11 is 0. The molecular formula is C18H29N5O3. The van der Waals surface area contributed by atoms with Gasteiger partial charge in [0.15, 0.2) is 0 Å². The SMILES string of the molecule is CC(C)N1CCN(C(=O)OC2CCN(c3cc(=O)n(C)cn3)CC2)CC1. The van der Waals surface area contributed by atoms with Crippen LogP contribution in [0.3, 0.4) is 0 Å². The Labute approximate surface area is 154 Å². The normalized spacial score (nSPS) is 19.8. The molecule has 2 aliphatic rings. The first-order valence-electron chi connectivity index (χ1n) is 9.41. The van der Waals surface area contributed by atoms with Gasteiger partial charge in [-0.3, -0.25) is 9.69 Å². The Balaban J connectivity index is 1.46. The van der Waals surface area contributed by atoms with Crippen molar-refractivity contribution in [2.45, 2.75) is 38.8 Å². The van der Waals surface area contributed by atoms with Gasteiger partial charge in [0.1, 0.15) is 11.9 Å². The summed E-state index contributed by atoms with van der Waals surface area (Å²) < 4.78 is 7.16. The van der Waals surface area contributed by atoms with E-state index in [-0.39, 0.29) is 17.8 Å². The van der Waals surface area contributed by atoms with Gasteiger partial charge in [-0.1, -0.05) is 0 Å². The number of aryl methyl sites for hydroxylation is 1. The van der Waals surface area contributed by atoms with Gasteiger partial charge in [-0.05, 0) is 13.8 Å². The van der Waals surface area contributed by atoms with Crippen molar-refractivity contribution in [2.75, 3.05) is 44.2 Å². The summed E-state index contributed by atoms with van der Waals surface area (Å²) in [4.78, 5) is 34.7. The molecule has 0 unspecified atom stereocenters. The number of rotatable bonds is 3. The van der Waals surface area contributed by atoms with Crippen LogP contribution in [-0.4, -0.2) is 76.9 Å². The van der Waals surface area contributed by atoms with Crippen molar-refractivity contribution < 1.29 is 9.53 Å². The van der Waals surface area contributed by atoms with Crippen molar-refractivity contribution in [3.8, 4) is 0 Å². The van der Waals surface area contributed by atoms with E-state index in [2.05, 4.69) is 28.6 Å². The first-order chi connectivity index (χ1) is 12.4. The third kappa shape index (κ3) is 4.35. The zero-order valence-corrected chi connectivity index (χ0v) is 15.9. The van der Waals surface area contributed by atoms with Gasteiger partial charge in [-0.25, -0.2) is 9.78 Å². The van der Waals surface area contributed by atoms with Crippen molar-refractivity contribution in [1.82, 2.24) is 19.4 Å². The van der Waals surface area contributed by atoms with Crippen LogP contribution in [0.5, 0.6) is 0 Å². The van der Waals surface area contributed by atoms with Crippen molar-refractivity contribution in [2.24, 2.45) is 7.05 Å². The van der Waals surface area contributed by atoms with E-state index in [0.29, 0.717) is 11.9 Å². The van der Waals surface area contributed by atoms with Crippen LogP contribution < -0.4 is 10.5 Å². The van der Waals surface area contributed by atoms with E-state index in [9.17, 15) is 9.59 Å². The molecule has 1 aromatic heterocycles. The standard InChI is InChI=1S/C18H29N5O3/c1-14(2)21-8-10-23(11-9-21)18(25)26-15-4-6-22(7-5-15)16-12-17(24)20(3)13-19-16/h12-15H,4-11H2,1-3H3. The van der Waals surface area contributed by atoms with Crippen LogP contribution >= 0.6 is 0 Å². The van der Waals surface area contributed by atoms with Crippen LogP contribution in [0.1, 0.15) is 26.7 Å². The van der Waals surface area contributed by atoms with Crippen molar-refractivity contribution in [3.63, 3.8) is 0 Å². The maximum atomic E-state index is 12.4. The summed E-state index contributed by atoms with van der Waals surface area (Å²) in [5.41, 5.74) is -0.0657. The van der Waals surface area contributed by atoms with Crippen molar-refractivity contribution in [3.05, 3.63) is 22.7 Å². The molecular weight excluding hydrogens is 334 g/mol. The number of aromatic nitrogens is 2. The molecule has 0 aromatic carbocycles. The van der Waals surface area contributed by atoms with Crippen LogP contribution in [0, 0.1) is 0 Å². The minimum atomic E-state index is -0.196. The van der Waals surface area contributed by atoms with Gasteiger partial charge < -0.3 is 19.1 Å². The zero-order valence-electron chi connectivity index (χ0n) is 15.9. The van der Waals surface area contributed by atoms with E-state index < -0.39 is 0 Å². The summed E-state index contributed by atoms with van der Waals surface area (Å²) in [5.74, 6) is 0.697. The minimum Gasteiger partial charge on any atom is -0.446 e. The van der Waals surface area contributed by atoms with E-state index in [1.807, 2.05) is 4.90 Å². The summed E-state index contributed by atoms with van der Waals surface area (Å²) in [6.45, 7) is 9.09. The first kappa shape index (κ1) is 18.7. The molecule has 0 spiro atoms. The highest BCUT2D eigenvalue weighted by Crippen LogP contribution is 2.19. The predicted molar refractivity (Wildman–Crippen MR) is 99.5 cm³/mol. The number of nitrogens with zero attached hydrogens (tertiary/aromatic N) is 5. The third-order valence-corrected chi connectivity index (χ3v) is 5.30. The topological polar surface area (TPSA) is 70.9 Å². The summed E-state index contributed by atoms with van der Waals surface area (Å²) in [6.07, 6.45) is 2.80. The number of carbonyl (C=O) groups is 1. The highest BCUT2D eigenvalue weighted by atomic mass is 16.6. The third-order valence-electron chi connectivity index (χ3n) is 5.30. The van der Waals surface area contributed by atoms with Gasteiger partial charge in [-0.2, -0.15) is 0 Å². The molecule has 26 heavy (non-hydrogen) atoms. The fourth-order valence-corrected chi connectivity index (χ4v) is 3.47. The van der Waals surface area contributed by atoms with Crippen LogP contribution in [0.2, 0.25) is 0 Å². The molecule has 8 heteroatoms. The fourth-order valence-electron chi connectivity index (χ4n) is 3.47. The molecule has 1 amide bonds. The molecule has 2 fully saturated rings. The second kappa shape index (κ2) is 8.07. The molecule has 144 valence electrons. The molecule has 3 heterocycles. The quantitative estimate of drug-likeness (QED) is 0.795. The van der Waals surface area contributed by atoms with E-state index in [1.165, 1.54) is 4.57 Å². The molecule has 0 atom stereocenters. The van der Waals surface area contributed by atoms with Gasteiger partial charge in [0.25, 0.3) is 5.56 Å². The van der Waals surface area contributed by atoms with Crippen LogP contribution in [-0.2, 0) is 11.8 Å². The molecule has 8 nitrogen and oxygen atoms in total. The first-order valence-corrected chi connectivity index (χ1v) is 9.41. The highest BCUT2D eigenvalue weighted by molar-refractivity contribution is 5.68. The summed E-state index contributed by atoms with van der Waals surface area (Å²) in [7, 11) is 1.69. The van der Waals surface area contributed by atoms with Crippen molar-refractivity contribution in [1.29, 1.82) is 0 Å². The average Bonchev–Trinajstić information content (AvgIpc) is 2.64. The number of carbonyl (C=O) groups excluding carboxylic acids is 1. The number of ether oxygens (including phenoxy) is 1. The van der Waals surface area contributed by atoms with Gasteiger partial charge in [0.2, 0.25) is 0 Å². The second-order valence-corrected chi connectivity index (χ2v) is 7.38. The fraction of sp³-hybridized carbons (Fsp3) is 0.722. The molecule has 0 N–H and O–H groups in total. The Morgan fingerprint density at radius 2 is 1.81 bits per heavy atom. The minimum absolute atomic E-state index is 0.0616. The molecule has 0 saturated carbocycles. The van der Waals surface area contributed by atoms with E-state index in [1.54, 1.807) is 19.4 Å². The smallest absolute Gasteiger partial charge is 0.410 e. The lowest BCUT2D eigenvalue weighted by Crippen LogP contribution is -2.51. The number of anilines is 1. The van der Waals surface area contributed by atoms with Gasteiger partial charge in [-0.15, -0.1) is 0 Å². The van der Waals surface area contributed by atoms with Crippen LogP contribution in [0.15, 0.2) is 17.2 Å². The molecule has 0 bridgehead atoms. The lowest BCUT2D eigenvalue weighted by molar-refractivity contribution is 0.0337. The summed E-state index contributed by atoms with van der Waals surface area (Å²) in [6, 6.07) is 2.07. The van der Waals surface area contributed by atoms with E-state index in [4.69, 9.17) is 4.74 Å². The van der Waals surface area contributed by atoms with Crippen LogP contribution in [0.25, 0.3) is 0 Å². The van der Waals surface area contributed by atoms with Crippen LogP contribution in [0.4, 0.5) is 10.6 Å². The van der Waals surface area contributed by atoms with Gasteiger partial charge >= 0.3 is 6.09 Å². The number of piperazine rings is 1. The molecule has 2 saturated heterocycles. The Kier molecular flexibility index (Phi) is 5.80. The number of amides is 1. The number of hydrogen-bond acceptors (Lipinski definition) is 6.